The molecule has 2 aromatic carbocycles. The van der Waals surface area contributed by atoms with Gasteiger partial charge in [-0.2, -0.15) is 0 Å². The van der Waals surface area contributed by atoms with E-state index in [-0.39, 0.29) is 5.91 Å². The highest BCUT2D eigenvalue weighted by atomic mass is 16.5. The monoisotopic (exact) mass is 298 g/mol. The Bertz CT molecular complexity index is 653. The lowest BCUT2D eigenvalue weighted by Crippen LogP contribution is -2.08. The fourth-order valence-corrected chi connectivity index (χ4v) is 2.18. The lowest BCUT2D eigenvalue weighted by molar-refractivity contribution is -0.114. The molecule has 0 aromatic heterocycles. The number of carbonyl (C=O) groups is 1. The van der Waals surface area contributed by atoms with Crippen molar-refractivity contribution in [2.45, 2.75) is 33.1 Å². The molecule has 0 spiro atoms. The van der Waals surface area contributed by atoms with Crippen LogP contribution in [0.15, 0.2) is 42.5 Å². The van der Waals surface area contributed by atoms with Crippen molar-refractivity contribution < 1.29 is 9.53 Å². The molecular weight excluding hydrogens is 276 g/mol. The molecule has 0 radical (unpaired) electrons. The number of hydrogen-bond donors (Lipinski definition) is 2. The van der Waals surface area contributed by atoms with Gasteiger partial charge in [0.05, 0.1) is 11.4 Å². The maximum atomic E-state index is 11.2. The van der Waals surface area contributed by atoms with E-state index in [1.165, 1.54) is 18.9 Å². The van der Waals surface area contributed by atoms with Crippen LogP contribution in [-0.2, 0) is 11.2 Å². The van der Waals surface area contributed by atoms with Crippen molar-refractivity contribution in [2.24, 2.45) is 0 Å². The number of nitrogen functional groups attached to an aromatic ring is 1. The number of anilines is 2. The number of carbonyl (C=O) groups excluding carboxylic acids is 1. The molecule has 1 amide bonds. The second-order valence-corrected chi connectivity index (χ2v) is 5.28. The average molecular weight is 298 g/mol. The van der Waals surface area contributed by atoms with Crippen LogP contribution in [0, 0.1) is 0 Å². The van der Waals surface area contributed by atoms with Crippen LogP contribution in [0.3, 0.4) is 0 Å². The van der Waals surface area contributed by atoms with Gasteiger partial charge in [-0.05, 0) is 42.7 Å². The number of nitrogens with two attached hydrogens (primary N) is 1. The average Bonchev–Trinajstić information content (AvgIpc) is 2.48. The van der Waals surface area contributed by atoms with Gasteiger partial charge < -0.3 is 15.8 Å². The molecule has 2 aromatic rings. The number of ether oxygens (including phenoxy) is 1. The molecule has 0 aliphatic heterocycles. The minimum atomic E-state index is -0.162. The van der Waals surface area contributed by atoms with Crippen LogP contribution in [0.4, 0.5) is 11.4 Å². The molecular formula is C18H22N2O2. The molecule has 0 fully saturated rings. The van der Waals surface area contributed by atoms with Crippen LogP contribution in [0.2, 0.25) is 0 Å². The third-order valence-corrected chi connectivity index (χ3v) is 3.29. The molecule has 0 bridgehead atoms. The summed E-state index contributed by atoms with van der Waals surface area (Å²) in [6, 6.07) is 13.3. The summed E-state index contributed by atoms with van der Waals surface area (Å²) in [6.45, 7) is 3.63. The van der Waals surface area contributed by atoms with Crippen LogP contribution in [0.25, 0.3) is 0 Å². The van der Waals surface area contributed by atoms with Crippen molar-refractivity contribution in [1.82, 2.24) is 0 Å². The summed E-state index contributed by atoms with van der Waals surface area (Å²) in [5, 5.41) is 2.69. The Morgan fingerprint density at radius 3 is 2.68 bits per heavy atom. The Labute approximate surface area is 131 Å². The van der Waals surface area contributed by atoms with E-state index in [2.05, 4.69) is 18.3 Å². The maximum absolute atomic E-state index is 11.2. The van der Waals surface area contributed by atoms with Gasteiger partial charge in [0.1, 0.15) is 11.5 Å². The van der Waals surface area contributed by atoms with Crippen molar-refractivity contribution in [2.75, 3.05) is 11.1 Å². The molecule has 2 rings (SSSR count). The molecule has 0 saturated carbocycles. The minimum absolute atomic E-state index is 0.162. The molecule has 116 valence electrons. The number of benzene rings is 2. The minimum Gasteiger partial charge on any atom is -0.457 e. The van der Waals surface area contributed by atoms with Crippen LogP contribution >= 0.6 is 0 Å². The molecule has 22 heavy (non-hydrogen) atoms. The number of aryl methyl sites for hydroxylation is 1. The van der Waals surface area contributed by atoms with Crippen molar-refractivity contribution in [3.63, 3.8) is 0 Å². The molecule has 3 N–H and O–H groups in total. The normalized spacial score (nSPS) is 10.3. The first-order valence-electron chi connectivity index (χ1n) is 7.52. The quantitative estimate of drug-likeness (QED) is 0.779. The van der Waals surface area contributed by atoms with Gasteiger partial charge in [-0.3, -0.25) is 4.79 Å². The number of amides is 1. The molecule has 0 unspecified atom stereocenters. The summed E-state index contributed by atoms with van der Waals surface area (Å²) in [5.74, 6) is 1.27. The Hall–Kier alpha value is -2.49. The first-order chi connectivity index (χ1) is 10.6. The molecule has 0 saturated heterocycles. The third kappa shape index (κ3) is 4.52. The summed E-state index contributed by atoms with van der Waals surface area (Å²) in [7, 11) is 0. The second kappa shape index (κ2) is 7.50. The summed E-state index contributed by atoms with van der Waals surface area (Å²) in [6.07, 6.45) is 3.38. The second-order valence-electron chi connectivity index (χ2n) is 5.28. The predicted octanol–water partition coefficient (Wildman–Crippen LogP) is 4.36. The van der Waals surface area contributed by atoms with Gasteiger partial charge in [-0.15, -0.1) is 0 Å². The fourth-order valence-electron chi connectivity index (χ4n) is 2.18. The van der Waals surface area contributed by atoms with Gasteiger partial charge >= 0.3 is 0 Å². The van der Waals surface area contributed by atoms with Gasteiger partial charge in [0.15, 0.2) is 0 Å². The van der Waals surface area contributed by atoms with Crippen molar-refractivity contribution in [3.8, 4) is 11.5 Å². The Balaban J connectivity index is 2.14. The van der Waals surface area contributed by atoms with Gasteiger partial charge in [0.25, 0.3) is 0 Å². The zero-order chi connectivity index (χ0) is 15.9. The first-order valence-corrected chi connectivity index (χ1v) is 7.52. The van der Waals surface area contributed by atoms with Crippen LogP contribution in [0.5, 0.6) is 11.5 Å². The van der Waals surface area contributed by atoms with Crippen LogP contribution in [0.1, 0.15) is 32.3 Å². The number of unbranched alkanes of at least 4 members (excludes halogenated alkanes) is 1. The van der Waals surface area contributed by atoms with Gasteiger partial charge in [-0.25, -0.2) is 0 Å². The lowest BCUT2D eigenvalue weighted by atomic mass is 10.1. The number of rotatable bonds is 6. The first kappa shape index (κ1) is 15.9. The van der Waals surface area contributed by atoms with E-state index < -0.39 is 0 Å². The fraction of sp³-hybridized carbons (Fsp3) is 0.278. The van der Waals surface area contributed by atoms with Crippen LogP contribution < -0.4 is 15.8 Å². The van der Waals surface area contributed by atoms with E-state index in [1.54, 1.807) is 18.2 Å². The largest absolute Gasteiger partial charge is 0.457 e. The molecule has 4 nitrogen and oxygen atoms in total. The molecule has 0 aliphatic rings. The third-order valence-electron chi connectivity index (χ3n) is 3.29. The van der Waals surface area contributed by atoms with E-state index >= 15 is 0 Å². The summed E-state index contributed by atoms with van der Waals surface area (Å²) in [5.41, 5.74) is 8.18. The van der Waals surface area contributed by atoms with Gasteiger partial charge in [0.2, 0.25) is 5.91 Å². The number of nitrogens with one attached hydrogen (secondary N) is 1. The van der Waals surface area contributed by atoms with Crippen molar-refractivity contribution >= 4 is 17.3 Å². The smallest absolute Gasteiger partial charge is 0.221 e. The van der Waals surface area contributed by atoms with E-state index in [4.69, 9.17) is 10.5 Å². The molecule has 0 aliphatic carbocycles. The highest BCUT2D eigenvalue weighted by Gasteiger charge is 2.05. The Morgan fingerprint density at radius 2 is 1.95 bits per heavy atom. The predicted molar refractivity (Wildman–Crippen MR) is 90.3 cm³/mol. The van der Waals surface area contributed by atoms with Crippen molar-refractivity contribution in [3.05, 3.63) is 48.0 Å². The zero-order valence-corrected chi connectivity index (χ0v) is 13.1. The van der Waals surface area contributed by atoms with E-state index in [9.17, 15) is 4.79 Å². The van der Waals surface area contributed by atoms with E-state index in [0.717, 1.165) is 18.6 Å². The number of hydrogen-bond acceptors (Lipinski definition) is 3. The van der Waals surface area contributed by atoms with Crippen LogP contribution in [-0.4, -0.2) is 5.91 Å². The van der Waals surface area contributed by atoms with Gasteiger partial charge in [-0.1, -0.05) is 25.5 Å². The standard InChI is InChI=1S/C18H22N2O2/c1-3-4-6-14-7-5-8-15(11-14)22-16-9-10-17(19)18(12-16)20-13(2)21/h5,7-12H,3-4,6,19H2,1-2H3,(H,20,21). The molecule has 0 heterocycles. The van der Waals surface area contributed by atoms with Crippen molar-refractivity contribution in [1.29, 1.82) is 0 Å². The SMILES string of the molecule is CCCCc1cccc(Oc2ccc(N)c(NC(C)=O)c2)c1. The summed E-state index contributed by atoms with van der Waals surface area (Å²) >= 11 is 0. The topological polar surface area (TPSA) is 64.3 Å². The Kier molecular flexibility index (Phi) is 5.42. The van der Waals surface area contributed by atoms with E-state index in [0.29, 0.717) is 17.1 Å². The Morgan fingerprint density at radius 1 is 1.18 bits per heavy atom. The summed E-state index contributed by atoms with van der Waals surface area (Å²) in [4.78, 5) is 11.2. The van der Waals surface area contributed by atoms with E-state index in [1.807, 2.05) is 18.2 Å². The zero-order valence-electron chi connectivity index (χ0n) is 13.1. The summed E-state index contributed by atoms with van der Waals surface area (Å²) < 4.78 is 5.87. The maximum Gasteiger partial charge on any atom is 0.221 e. The highest BCUT2D eigenvalue weighted by Crippen LogP contribution is 2.29. The lowest BCUT2D eigenvalue weighted by Gasteiger charge is -2.11. The molecule has 4 heteroatoms. The van der Waals surface area contributed by atoms with Gasteiger partial charge in [0, 0.05) is 13.0 Å². The highest BCUT2D eigenvalue weighted by molar-refractivity contribution is 5.92. The molecule has 0 atom stereocenters.